The summed E-state index contributed by atoms with van der Waals surface area (Å²) in [7, 11) is 0. The maximum atomic E-state index is 12.7. The number of amides is 2. The minimum atomic E-state index is -0.727. The second kappa shape index (κ2) is 8.19. The first kappa shape index (κ1) is 18.2. The molecule has 3 fully saturated rings. The van der Waals surface area contributed by atoms with Crippen LogP contribution in [0, 0.1) is 17.8 Å². The summed E-state index contributed by atoms with van der Waals surface area (Å²) in [5, 5.41) is 9.07. The van der Waals surface area contributed by atoms with Crippen LogP contribution in [0.25, 0.3) is 0 Å². The van der Waals surface area contributed by atoms with Crippen molar-refractivity contribution in [3.8, 4) is 0 Å². The fourth-order valence-corrected chi connectivity index (χ4v) is 4.55. The Labute approximate surface area is 149 Å². The van der Waals surface area contributed by atoms with Crippen LogP contribution in [-0.4, -0.2) is 58.9 Å². The van der Waals surface area contributed by atoms with Crippen molar-refractivity contribution in [3.63, 3.8) is 0 Å². The van der Waals surface area contributed by atoms with Crippen LogP contribution in [0.1, 0.15) is 57.8 Å². The molecule has 0 aromatic heterocycles. The molecule has 6 heteroatoms. The summed E-state index contributed by atoms with van der Waals surface area (Å²) in [5.41, 5.74) is 0. The van der Waals surface area contributed by atoms with Crippen molar-refractivity contribution in [1.82, 2.24) is 9.80 Å². The number of carbonyl (C=O) groups excluding carboxylic acids is 2. The molecule has 0 unspecified atom stereocenters. The highest BCUT2D eigenvalue weighted by Crippen LogP contribution is 2.31. The Morgan fingerprint density at radius 3 is 1.88 bits per heavy atom. The monoisotopic (exact) mass is 350 g/mol. The molecular formula is C19H30N2O4. The molecule has 2 aliphatic heterocycles. The molecule has 25 heavy (non-hydrogen) atoms. The lowest BCUT2D eigenvalue weighted by molar-refractivity contribution is -0.146. The normalized spacial score (nSPS) is 28.2. The van der Waals surface area contributed by atoms with E-state index < -0.39 is 5.97 Å². The van der Waals surface area contributed by atoms with Crippen LogP contribution in [0.3, 0.4) is 0 Å². The molecule has 6 nitrogen and oxygen atoms in total. The van der Waals surface area contributed by atoms with Gasteiger partial charge in [0.15, 0.2) is 0 Å². The molecule has 140 valence electrons. The van der Waals surface area contributed by atoms with Crippen LogP contribution < -0.4 is 0 Å². The summed E-state index contributed by atoms with van der Waals surface area (Å²) < 4.78 is 0. The molecule has 2 saturated heterocycles. The Bertz CT molecular complexity index is 500. The molecule has 0 aromatic rings. The highest BCUT2D eigenvalue weighted by Gasteiger charge is 2.34. The third-order valence-electron chi connectivity index (χ3n) is 6.27. The van der Waals surface area contributed by atoms with Crippen molar-refractivity contribution in [1.29, 1.82) is 0 Å². The Balaban J connectivity index is 1.40. The SMILES string of the molecule is O=C(O)C1CCC(C(=O)N2CCC(CC(=O)N3CCCC3)CC2)CC1. The number of carbonyl (C=O) groups is 3. The predicted molar refractivity (Wildman–Crippen MR) is 92.8 cm³/mol. The summed E-state index contributed by atoms with van der Waals surface area (Å²) in [5.74, 6) is -0.110. The average molecular weight is 350 g/mol. The minimum absolute atomic E-state index is 0.00150. The average Bonchev–Trinajstić information content (AvgIpc) is 3.17. The van der Waals surface area contributed by atoms with E-state index >= 15 is 0 Å². The lowest BCUT2D eigenvalue weighted by Crippen LogP contribution is -2.43. The number of rotatable bonds is 4. The maximum absolute atomic E-state index is 12.7. The van der Waals surface area contributed by atoms with Gasteiger partial charge in [0.1, 0.15) is 0 Å². The quantitative estimate of drug-likeness (QED) is 0.842. The number of hydrogen-bond acceptors (Lipinski definition) is 3. The first-order chi connectivity index (χ1) is 12.0. The number of carboxylic acids is 1. The molecule has 0 spiro atoms. The van der Waals surface area contributed by atoms with Crippen molar-refractivity contribution in [2.45, 2.75) is 57.8 Å². The zero-order chi connectivity index (χ0) is 17.8. The van der Waals surface area contributed by atoms with E-state index in [0.717, 1.165) is 51.9 Å². The van der Waals surface area contributed by atoms with Crippen LogP contribution in [0.15, 0.2) is 0 Å². The second-order valence-electron chi connectivity index (χ2n) is 7.95. The zero-order valence-corrected chi connectivity index (χ0v) is 15.0. The molecule has 3 rings (SSSR count). The number of likely N-dealkylation sites (tertiary alicyclic amines) is 2. The molecule has 0 radical (unpaired) electrons. The minimum Gasteiger partial charge on any atom is -0.481 e. The summed E-state index contributed by atoms with van der Waals surface area (Å²) in [6.07, 6.45) is 7.34. The van der Waals surface area contributed by atoms with Crippen LogP contribution in [0.4, 0.5) is 0 Å². The number of nitrogens with zero attached hydrogens (tertiary/aromatic N) is 2. The topological polar surface area (TPSA) is 77.9 Å². The third kappa shape index (κ3) is 4.53. The molecule has 1 saturated carbocycles. The van der Waals surface area contributed by atoms with E-state index in [4.69, 9.17) is 5.11 Å². The predicted octanol–water partition coefficient (Wildman–Crippen LogP) is 2.13. The van der Waals surface area contributed by atoms with Gasteiger partial charge in [0.05, 0.1) is 5.92 Å². The van der Waals surface area contributed by atoms with Crippen LogP contribution in [0.2, 0.25) is 0 Å². The van der Waals surface area contributed by atoms with Gasteiger partial charge in [-0.2, -0.15) is 0 Å². The van der Waals surface area contributed by atoms with Gasteiger partial charge < -0.3 is 14.9 Å². The first-order valence-corrected chi connectivity index (χ1v) is 9.84. The number of hydrogen-bond donors (Lipinski definition) is 1. The molecule has 3 aliphatic rings. The van der Waals surface area contributed by atoms with Gasteiger partial charge in [0.25, 0.3) is 0 Å². The van der Waals surface area contributed by atoms with E-state index in [1.165, 1.54) is 0 Å². The Kier molecular flexibility index (Phi) is 5.97. The number of aliphatic carboxylic acids is 1. The molecule has 1 aliphatic carbocycles. The van der Waals surface area contributed by atoms with Crippen molar-refractivity contribution in [2.24, 2.45) is 17.8 Å². The molecule has 1 N–H and O–H groups in total. The van der Waals surface area contributed by atoms with Gasteiger partial charge in [-0.3, -0.25) is 14.4 Å². The molecule has 0 bridgehead atoms. The van der Waals surface area contributed by atoms with Crippen molar-refractivity contribution >= 4 is 17.8 Å². The van der Waals surface area contributed by atoms with Crippen LogP contribution in [0.5, 0.6) is 0 Å². The highest BCUT2D eigenvalue weighted by atomic mass is 16.4. The van der Waals surface area contributed by atoms with E-state index in [1.54, 1.807) is 0 Å². The summed E-state index contributed by atoms with van der Waals surface area (Å²) in [4.78, 5) is 39.9. The van der Waals surface area contributed by atoms with E-state index in [9.17, 15) is 14.4 Å². The smallest absolute Gasteiger partial charge is 0.306 e. The lowest BCUT2D eigenvalue weighted by Gasteiger charge is -2.36. The van der Waals surface area contributed by atoms with Gasteiger partial charge in [-0.15, -0.1) is 0 Å². The molecule has 2 heterocycles. The van der Waals surface area contributed by atoms with Crippen molar-refractivity contribution in [3.05, 3.63) is 0 Å². The fourth-order valence-electron chi connectivity index (χ4n) is 4.55. The van der Waals surface area contributed by atoms with E-state index in [0.29, 0.717) is 38.0 Å². The van der Waals surface area contributed by atoms with Gasteiger partial charge in [-0.05, 0) is 57.3 Å². The summed E-state index contributed by atoms with van der Waals surface area (Å²) in [6.45, 7) is 3.32. The van der Waals surface area contributed by atoms with Gasteiger partial charge in [-0.1, -0.05) is 0 Å². The van der Waals surface area contributed by atoms with E-state index in [-0.39, 0.29) is 23.7 Å². The lowest BCUT2D eigenvalue weighted by atomic mass is 9.81. The van der Waals surface area contributed by atoms with Gasteiger partial charge in [0, 0.05) is 38.5 Å². The molecular weight excluding hydrogens is 320 g/mol. The van der Waals surface area contributed by atoms with Gasteiger partial charge >= 0.3 is 5.97 Å². The zero-order valence-electron chi connectivity index (χ0n) is 15.0. The standard InChI is InChI=1S/C19H30N2O4/c22-17(20-9-1-2-10-20)13-14-7-11-21(12-8-14)18(23)15-3-5-16(6-4-15)19(24)25/h14-16H,1-13H2,(H,24,25). The summed E-state index contributed by atoms with van der Waals surface area (Å²) in [6, 6.07) is 0. The van der Waals surface area contributed by atoms with Gasteiger partial charge in [-0.25, -0.2) is 0 Å². The molecule has 0 atom stereocenters. The second-order valence-corrected chi connectivity index (χ2v) is 7.95. The maximum Gasteiger partial charge on any atom is 0.306 e. The van der Waals surface area contributed by atoms with E-state index in [2.05, 4.69) is 0 Å². The van der Waals surface area contributed by atoms with Gasteiger partial charge in [0.2, 0.25) is 11.8 Å². The molecule has 2 amide bonds. The first-order valence-electron chi connectivity index (χ1n) is 9.84. The van der Waals surface area contributed by atoms with Crippen LogP contribution >= 0.6 is 0 Å². The highest BCUT2D eigenvalue weighted by molar-refractivity contribution is 5.80. The summed E-state index contributed by atoms with van der Waals surface area (Å²) >= 11 is 0. The Morgan fingerprint density at radius 2 is 1.32 bits per heavy atom. The number of piperidine rings is 1. The Morgan fingerprint density at radius 1 is 0.760 bits per heavy atom. The molecule has 0 aromatic carbocycles. The van der Waals surface area contributed by atoms with Crippen LogP contribution in [-0.2, 0) is 14.4 Å². The third-order valence-corrected chi connectivity index (χ3v) is 6.27. The van der Waals surface area contributed by atoms with Crippen molar-refractivity contribution < 1.29 is 19.5 Å². The fraction of sp³-hybridized carbons (Fsp3) is 0.842. The van der Waals surface area contributed by atoms with Crippen molar-refractivity contribution in [2.75, 3.05) is 26.2 Å². The largest absolute Gasteiger partial charge is 0.481 e. The Hall–Kier alpha value is -1.59. The van der Waals surface area contributed by atoms with E-state index in [1.807, 2.05) is 9.80 Å². The number of carboxylic acid groups (broad SMARTS) is 1.